The second kappa shape index (κ2) is 6.79. The van der Waals surface area contributed by atoms with Gasteiger partial charge in [0, 0.05) is 26.2 Å². The lowest BCUT2D eigenvalue weighted by Crippen LogP contribution is -2.36. The van der Waals surface area contributed by atoms with Crippen LogP contribution in [-0.2, 0) is 4.79 Å². The Kier molecular flexibility index (Phi) is 5.37. The van der Waals surface area contributed by atoms with Gasteiger partial charge in [0.25, 0.3) is 5.91 Å². The molecule has 20 heavy (non-hydrogen) atoms. The Balaban J connectivity index is 2.92. The first-order valence-corrected chi connectivity index (χ1v) is 6.52. The van der Waals surface area contributed by atoms with Crippen LogP contribution in [-0.4, -0.2) is 43.4 Å². The number of nitrogens with one attached hydrogen (secondary N) is 2. The quantitative estimate of drug-likeness (QED) is 0.699. The maximum atomic E-state index is 11.8. The van der Waals surface area contributed by atoms with Crippen molar-refractivity contribution in [2.75, 3.05) is 31.7 Å². The van der Waals surface area contributed by atoms with Crippen LogP contribution >= 0.6 is 0 Å². The van der Waals surface area contributed by atoms with Gasteiger partial charge in [-0.1, -0.05) is 0 Å². The fraction of sp³-hybridized carbons (Fsp3) is 0.429. The van der Waals surface area contributed by atoms with Crippen molar-refractivity contribution in [3.8, 4) is 0 Å². The van der Waals surface area contributed by atoms with E-state index in [9.17, 15) is 9.59 Å². The highest BCUT2D eigenvalue weighted by atomic mass is 16.2. The summed E-state index contributed by atoms with van der Waals surface area (Å²) >= 11 is 0. The third kappa shape index (κ3) is 3.88. The van der Waals surface area contributed by atoms with Gasteiger partial charge in [-0.15, -0.1) is 0 Å². The molecule has 4 N–H and O–H groups in total. The van der Waals surface area contributed by atoms with Crippen molar-refractivity contribution in [1.29, 1.82) is 0 Å². The van der Waals surface area contributed by atoms with Crippen molar-refractivity contribution in [2.24, 2.45) is 0 Å². The van der Waals surface area contributed by atoms with Gasteiger partial charge in [-0.2, -0.15) is 0 Å². The molecule has 0 aliphatic carbocycles. The van der Waals surface area contributed by atoms with Gasteiger partial charge >= 0.3 is 0 Å². The van der Waals surface area contributed by atoms with Crippen LogP contribution < -0.4 is 16.4 Å². The maximum Gasteiger partial charge on any atom is 0.251 e. The molecule has 0 aliphatic heterocycles. The first-order chi connectivity index (χ1) is 9.36. The van der Waals surface area contributed by atoms with Crippen LogP contribution in [0.5, 0.6) is 0 Å². The molecule has 1 atom stereocenters. The molecule has 2 amide bonds. The number of anilines is 2. The van der Waals surface area contributed by atoms with E-state index in [-0.39, 0.29) is 11.8 Å². The van der Waals surface area contributed by atoms with Crippen molar-refractivity contribution in [1.82, 2.24) is 10.2 Å². The van der Waals surface area contributed by atoms with Crippen LogP contribution in [0.25, 0.3) is 0 Å². The molecular weight excluding hydrogens is 256 g/mol. The molecular formula is C14H22N4O2. The molecule has 0 aromatic heterocycles. The van der Waals surface area contributed by atoms with E-state index < -0.39 is 6.04 Å². The third-order valence-corrected chi connectivity index (χ3v) is 2.84. The van der Waals surface area contributed by atoms with Gasteiger partial charge in [-0.25, -0.2) is 0 Å². The van der Waals surface area contributed by atoms with E-state index in [4.69, 9.17) is 5.73 Å². The number of nitrogens with zero attached hydrogens (tertiary/aromatic N) is 1. The molecule has 1 rings (SSSR count). The van der Waals surface area contributed by atoms with Gasteiger partial charge in [-0.05, 0) is 32.0 Å². The SMILES string of the molecule is CCNC(=O)c1ccc(N)c(NC(C)C(=O)N(C)C)c1. The summed E-state index contributed by atoms with van der Waals surface area (Å²) in [6, 6.07) is 4.54. The standard InChI is InChI=1S/C14H22N4O2/c1-5-16-13(19)10-6-7-11(15)12(8-10)17-9(2)14(20)18(3)4/h6-9,17H,5,15H2,1-4H3,(H,16,19). The van der Waals surface area contributed by atoms with E-state index in [1.54, 1.807) is 39.2 Å². The van der Waals surface area contributed by atoms with Gasteiger partial charge in [-0.3, -0.25) is 9.59 Å². The van der Waals surface area contributed by atoms with Gasteiger partial charge in [0.1, 0.15) is 6.04 Å². The Hall–Kier alpha value is -2.24. The summed E-state index contributed by atoms with van der Waals surface area (Å²) in [6.07, 6.45) is 0. The van der Waals surface area contributed by atoms with Crippen LogP contribution in [0.2, 0.25) is 0 Å². The van der Waals surface area contributed by atoms with Crippen molar-refractivity contribution in [3.63, 3.8) is 0 Å². The fourth-order valence-electron chi connectivity index (χ4n) is 1.77. The minimum atomic E-state index is -0.420. The third-order valence-electron chi connectivity index (χ3n) is 2.84. The average Bonchev–Trinajstić information content (AvgIpc) is 2.40. The molecule has 0 saturated carbocycles. The molecule has 0 spiro atoms. The van der Waals surface area contributed by atoms with E-state index in [2.05, 4.69) is 10.6 Å². The lowest BCUT2D eigenvalue weighted by atomic mass is 10.1. The monoisotopic (exact) mass is 278 g/mol. The fourth-order valence-corrected chi connectivity index (χ4v) is 1.77. The summed E-state index contributed by atoms with van der Waals surface area (Å²) in [5, 5.41) is 5.75. The number of carbonyl (C=O) groups excluding carboxylic acids is 2. The van der Waals surface area contributed by atoms with Gasteiger partial charge < -0.3 is 21.3 Å². The normalized spacial score (nSPS) is 11.6. The van der Waals surface area contributed by atoms with Crippen molar-refractivity contribution in [3.05, 3.63) is 23.8 Å². The molecule has 0 aliphatic rings. The smallest absolute Gasteiger partial charge is 0.251 e. The summed E-state index contributed by atoms with van der Waals surface area (Å²) in [4.78, 5) is 25.1. The largest absolute Gasteiger partial charge is 0.397 e. The Morgan fingerprint density at radius 1 is 1.35 bits per heavy atom. The predicted molar refractivity (Wildman–Crippen MR) is 80.6 cm³/mol. The molecule has 1 aromatic rings. The summed E-state index contributed by atoms with van der Waals surface area (Å²) < 4.78 is 0. The van der Waals surface area contributed by atoms with Crippen LogP contribution in [0.15, 0.2) is 18.2 Å². The van der Waals surface area contributed by atoms with Gasteiger partial charge in [0.2, 0.25) is 5.91 Å². The molecule has 1 aromatic carbocycles. The second-order valence-electron chi connectivity index (χ2n) is 4.76. The van der Waals surface area contributed by atoms with Crippen LogP contribution in [0.3, 0.4) is 0 Å². The number of nitrogen functional groups attached to an aromatic ring is 1. The number of hydrogen-bond acceptors (Lipinski definition) is 4. The topological polar surface area (TPSA) is 87.5 Å². The van der Waals surface area contributed by atoms with Gasteiger partial charge in [0.05, 0.1) is 11.4 Å². The highest BCUT2D eigenvalue weighted by Crippen LogP contribution is 2.21. The molecule has 0 fully saturated rings. The van der Waals surface area contributed by atoms with Crippen LogP contribution in [0.1, 0.15) is 24.2 Å². The van der Waals surface area contributed by atoms with E-state index >= 15 is 0 Å². The van der Waals surface area contributed by atoms with E-state index in [0.717, 1.165) is 0 Å². The number of likely N-dealkylation sites (N-methyl/N-ethyl adjacent to an activating group) is 1. The number of nitrogens with two attached hydrogens (primary N) is 1. The number of rotatable bonds is 5. The minimum Gasteiger partial charge on any atom is -0.397 e. The highest BCUT2D eigenvalue weighted by molar-refractivity contribution is 5.96. The highest BCUT2D eigenvalue weighted by Gasteiger charge is 2.16. The van der Waals surface area contributed by atoms with E-state index in [1.165, 1.54) is 4.90 Å². The molecule has 1 unspecified atom stereocenters. The summed E-state index contributed by atoms with van der Waals surface area (Å²) in [5.74, 6) is -0.227. The zero-order valence-electron chi connectivity index (χ0n) is 12.4. The molecule has 0 heterocycles. The van der Waals surface area contributed by atoms with Crippen molar-refractivity contribution in [2.45, 2.75) is 19.9 Å². The molecule has 0 saturated heterocycles. The second-order valence-corrected chi connectivity index (χ2v) is 4.76. The molecule has 0 bridgehead atoms. The molecule has 6 nitrogen and oxygen atoms in total. The zero-order chi connectivity index (χ0) is 15.3. The molecule has 110 valence electrons. The Morgan fingerprint density at radius 3 is 2.55 bits per heavy atom. The Labute approximate surface area is 119 Å². The number of carbonyl (C=O) groups is 2. The zero-order valence-corrected chi connectivity index (χ0v) is 12.4. The summed E-state index contributed by atoms with van der Waals surface area (Å²) in [6.45, 7) is 4.16. The first kappa shape index (κ1) is 15.8. The average molecular weight is 278 g/mol. The summed E-state index contributed by atoms with van der Waals surface area (Å²) in [5.41, 5.74) is 7.45. The molecule has 6 heteroatoms. The minimum absolute atomic E-state index is 0.0622. The first-order valence-electron chi connectivity index (χ1n) is 6.52. The summed E-state index contributed by atoms with van der Waals surface area (Å²) in [7, 11) is 3.38. The number of hydrogen-bond donors (Lipinski definition) is 3. The van der Waals surface area contributed by atoms with Crippen molar-refractivity contribution >= 4 is 23.2 Å². The number of amides is 2. The Bertz CT molecular complexity index is 500. The lowest BCUT2D eigenvalue weighted by Gasteiger charge is -2.20. The van der Waals surface area contributed by atoms with E-state index in [0.29, 0.717) is 23.5 Å². The Morgan fingerprint density at radius 2 is 2.00 bits per heavy atom. The van der Waals surface area contributed by atoms with Gasteiger partial charge in [0.15, 0.2) is 0 Å². The van der Waals surface area contributed by atoms with Crippen LogP contribution in [0, 0.1) is 0 Å². The molecule has 0 radical (unpaired) electrons. The maximum absolute atomic E-state index is 11.8. The van der Waals surface area contributed by atoms with E-state index in [1.807, 2.05) is 6.92 Å². The lowest BCUT2D eigenvalue weighted by molar-refractivity contribution is -0.129. The predicted octanol–water partition coefficient (Wildman–Crippen LogP) is 0.907. The van der Waals surface area contributed by atoms with Crippen LogP contribution in [0.4, 0.5) is 11.4 Å². The number of benzene rings is 1. The van der Waals surface area contributed by atoms with Crippen molar-refractivity contribution < 1.29 is 9.59 Å².